The van der Waals surface area contributed by atoms with Crippen molar-refractivity contribution in [2.45, 2.75) is 31.3 Å². The van der Waals surface area contributed by atoms with Crippen LogP contribution in [-0.4, -0.2) is 41.3 Å². The zero-order valence-electron chi connectivity index (χ0n) is 9.77. The topological polar surface area (TPSA) is 92.1 Å². The van der Waals surface area contributed by atoms with Gasteiger partial charge in [0, 0.05) is 18.6 Å². The van der Waals surface area contributed by atoms with Gasteiger partial charge in [0.1, 0.15) is 0 Å². The molecule has 1 heterocycles. The Kier molecular flexibility index (Phi) is 3.72. The molecule has 16 heavy (non-hydrogen) atoms. The zero-order chi connectivity index (χ0) is 12.4. The van der Waals surface area contributed by atoms with Crippen molar-refractivity contribution in [2.24, 2.45) is 5.73 Å². The van der Waals surface area contributed by atoms with E-state index in [0.29, 0.717) is 6.54 Å². The summed E-state index contributed by atoms with van der Waals surface area (Å²) in [7, 11) is -3.54. The summed E-state index contributed by atoms with van der Waals surface area (Å²) < 4.78 is 25.8. The fourth-order valence-corrected chi connectivity index (χ4v) is 3.23. The Labute approximate surface area is 95.9 Å². The van der Waals surface area contributed by atoms with Crippen LogP contribution < -0.4 is 5.73 Å². The Balaban J connectivity index is 3.16. The number of nitrogens with zero attached hydrogens (tertiary/aromatic N) is 2. The minimum Gasteiger partial charge on any atom is -0.335 e. The molecule has 0 unspecified atom stereocenters. The van der Waals surface area contributed by atoms with Gasteiger partial charge in [-0.3, -0.25) is 0 Å². The van der Waals surface area contributed by atoms with E-state index in [-0.39, 0.29) is 11.6 Å². The number of hydrogen-bond donors (Lipinski definition) is 2. The van der Waals surface area contributed by atoms with Crippen molar-refractivity contribution in [3.63, 3.8) is 0 Å². The smallest absolute Gasteiger partial charge is 0.260 e. The zero-order valence-corrected chi connectivity index (χ0v) is 10.6. The van der Waals surface area contributed by atoms with Crippen LogP contribution >= 0.6 is 0 Å². The van der Waals surface area contributed by atoms with Gasteiger partial charge in [0.15, 0.2) is 5.03 Å². The third kappa shape index (κ3) is 2.26. The molecule has 6 nitrogen and oxygen atoms in total. The number of likely N-dealkylation sites (N-methyl/N-ethyl adjacent to an activating group) is 1. The van der Waals surface area contributed by atoms with Crippen LogP contribution in [0.3, 0.4) is 0 Å². The molecule has 0 spiro atoms. The number of aromatic amines is 1. The summed E-state index contributed by atoms with van der Waals surface area (Å²) in [6.07, 6.45) is 2.64. The van der Waals surface area contributed by atoms with Crippen LogP contribution in [0.1, 0.15) is 20.8 Å². The van der Waals surface area contributed by atoms with Crippen LogP contribution in [-0.2, 0) is 10.0 Å². The maximum atomic E-state index is 12.2. The van der Waals surface area contributed by atoms with Gasteiger partial charge in [0.05, 0.1) is 12.5 Å². The highest BCUT2D eigenvalue weighted by Gasteiger charge is 2.35. The summed E-state index contributed by atoms with van der Waals surface area (Å²) in [4.78, 5) is 6.33. The van der Waals surface area contributed by atoms with Crippen molar-refractivity contribution in [1.82, 2.24) is 14.3 Å². The first-order chi connectivity index (χ1) is 7.36. The van der Waals surface area contributed by atoms with Gasteiger partial charge in [0.2, 0.25) is 0 Å². The van der Waals surface area contributed by atoms with E-state index in [9.17, 15) is 8.42 Å². The minimum absolute atomic E-state index is 0.0934. The monoisotopic (exact) mass is 246 g/mol. The summed E-state index contributed by atoms with van der Waals surface area (Å²) in [5.41, 5.74) is 4.99. The van der Waals surface area contributed by atoms with E-state index in [0.717, 1.165) is 0 Å². The van der Waals surface area contributed by atoms with E-state index >= 15 is 0 Å². The number of aromatic nitrogens is 2. The van der Waals surface area contributed by atoms with Crippen LogP contribution in [0.2, 0.25) is 0 Å². The third-order valence-electron chi connectivity index (χ3n) is 2.50. The molecule has 0 fully saturated rings. The summed E-state index contributed by atoms with van der Waals surface area (Å²) >= 11 is 0. The lowest BCUT2D eigenvalue weighted by atomic mass is 10.1. The highest BCUT2D eigenvalue weighted by atomic mass is 32.2. The van der Waals surface area contributed by atoms with Crippen LogP contribution in [0.15, 0.2) is 17.6 Å². The number of H-pyrrole nitrogens is 1. The summed E-state index contributed by atoms with van der Waals surface area (Å²) in [5, 5.41) is 0.0934. The van der Waals surface area contributed by atoms with Crippen molar-refractivity contribution in [1.29, 1.82) is 0 Å². The Hall–Kier alpha value is -0.920. The number of rotatable bonds is 5. The van der Waals surface area contributed by atoms with Gasteiger partial charge in [0.25, 0.3) is 10.0 Å². The normalized spacial score (nSPS) is 13.3. The quantitative estimate of drug-likeness (QED) is 0.774. The number of imidazole rings is 1. The van der Waals surface area contributed by atoms with Crippen molar-refractivity contribution < 1.29 is 8.42 Å². The summed E-state index contributed by atoms with van der Waals surface area (Å²) in [6, 6.07) is 0. The average molecular weight is 246 g/mol. The molecule has 0 amide bonds. The molecule has 7 heteroatoms. The first-order valence-corrected chi connectivity index (χ1v) is 6.51. The number of nitrogens with two attached hydrogens (primary N) is 1. The predicted molar refractivity (Wildman–Crippen MR) is 61.3 cm³/mol. The number of hydrogen-bond acceptors (Lipinski definition) is 4. The maximum absolute atomic E-state index is 12.2. The second-order valence-corrected chi connectivity index (χ2v) is 5.93. The molecular weight excluding hydrogens is 228 g/mol. The van der Waals surface area contributed by atoms with Gasteiger partial charge in [-0.2, -0.15) is 4.31 Å². The fraction of sp³-hybridized carbons (Fsp3) is 0.667. The van der Waals surface area contributed by atoms with E-state index in [1.165, 1.54) is 16.8 Å². The molecule has 0 saturated carbocycles. The maximum Gasteiger partial charge on any atom is 0.260 e. The second kappa shape index (κ2) is 4.52. The minimum atomic E-state index is -3.54. The van der Waals surface area contributed by atoms with Crippen molar-refractivity contribution in [2.75, 3.05) is 13.1 Å². The fourth-order valence-electron chi connectivity index (χ4n) is 1.53. The van der Waals surface area contributed by atoms with E-state index in [1.807, 2.05) is 0 Å². The van der Waals surface area contributed by atoms with Crippen LogP contribution in [0.5, 0.6) is 0 Å². The molecule has 0 bridgehead atoms. The van der Waals surface area contributed by atoms with Gasteiger partial charge < -0.3 is 10.7 Å². The molecule has 0 aliphatic rings. The van der Waals surface area contributed by atoms with Crippen molar-refractivity contribution >= 4 is 10.0 Å². The van der Waals surface area contributed by atoms with Gasteiger partial charge in [-0.05, 0) is 13.8 Å². The molecule has 0 aliphatic heterocycles. The largest absolute Gasteiger partial charge is 0.335 e. The molecule has 0 radical (unpaired) electrons. The molecule has 3 N–H and O–H groups in total. The summed E-state index contributed by atoms with van der Waals surface area (Å²) in [6.45, 7) is 6.00. The molecule has 0 atom stereocenters. The first-order valence-electron chi connectivity index (χ1n) is 5.07. The Morgan fingerprint density at radius 3 is 2.56 bits per heavy atom. The van der Waals surface area contributed by atoms with E-state index < -0.39 is 15.6 Å². The molecule has 1 aromatic rings. The van der Waals surface area contributed by atoms with E-state index in [2.05, 4.69) is 9.97 Å². The summed E-state index contributed by atoms with van der Waals surface area (Å²) in [5.74, 6) is 0. The van der Waals surface area contributed by atoms with Crippen LogP contribution in [0, 0.1) is 0 Å². The lowest BCUT2D eigenvalue weighted by molar-refractivity contribution is 0.243. The lowest BCUT2D eigenvalue weighted by Gasteiger charge is -2.35. The average Bonchev–Trinajstić information content (AvgIpc) is 2.71. The molecule has 1 aromatic heterocycles. The van der Waals surface area contributed by atoms with Crippen LogP contribution in [0.25, 0.3) is 0 Å². The highest BCUT2D eigenvalue weighted by molar-refractivity contribution is 7.89. The van der Waals surface area contributed by atoms with Gasteiger partial charge in [-0.1, -0.05) is 6.92 Å². The van der Waals surface area contributed by atoms with Crippen LogP contribution in [0.4, 0.5) is 0 Å². The first kappa shape index (κ1) is 13.1. The van der Waals surface area contributed by atoms with E-state index in [1.54, 1.807) is 20.8 Å². The standard InChI is InChI=1S/C9H18N4O2S/c1-4-13(9(2,3)6-10)16(14,15)8-5-11-7-12-8/h5,7H,4,6,10H2,1-3H3,(H,11,12). The molecule has 1 rings (SSSR count). The Morgan fingerprint density at radius 1 is 1.56 bits per heavy atom. The second-order valence-electron chi connectivity index (χ2n) is 4.10. The highest BCUT2D eigenvalue weighted by Crippen LogP contribution is 2.21. The van der Waals surface area contributed by atoms with Gasteiger partial charge >= 0.3 is 0 Å². The molecular formula is C9H18N4O2S. The Bertz CT molecular complexity index is 424. The number of nitrogens with one attached hydrogen (secondary N) is 1. The van der Waals surface area contributed by atoms with Crippen molar-refractivity contribution in [3.05, 3.63) is 12.5 Å². The molecule has 92 valence electrons. The molecule has 0 aromatic carbocycles. The van der Waals surface area contributed by atoms with Gasteiger partial charge in [-0.25, -0.2) is 13.4 Å². The third-order valence-corrected chi connectivity index (χ3v) is 4.61. The molecule has 0 aliphatic carbocycles. The SMILES string of the molecule is CCN(C(C)(C)CN)S(=O)(=O)c1cnc[nH]1. The lowest BCUT2D eigenvalue weighted by Crippen LogP contribution is -2.52. The van der Waals surface area contributed by atoms with Crippen molar-refractivity contribution in [3.8, 4) is 0 Å². The molecule has 0 saturated heterocycles. The predicted octanol–water partition coefficient (Wildman–Crippen LogP) is 0.158. The van der Waals surface area contributed by atoms with Gasteiger partial charge in [-0.15, -0.1) is 0 Å². The van der Waals surface area contributed by atoms with E-state index in [4.69, 9.17) is 5.73 Å². The Morgan fingerprint density at radius 2 is 2.19 bits per heavy atom. The number of sulfonamides is 1.